The van der Waals surface area contributed by atoms with Crippen molar-refractivity contribution in [2.45, 2.75) is 96.1 Å². The van der Waals surface area contributed by atoms with Crippen LogP contribution in [0.2, 0.25) is 0 Å². The molecule has 7 nitrogen and oxygen atoms in total. The molecule has 0 spiro atoms. The second kappa shape index (κ2) is 12.4. The number of hydrazine groups is 1. The molecule has 0 aromatic carbocycles. The summed E-state index contributed by atoms with van der Waals surface area (Å²) in [6.07, 6.45) is 8.88. The van der Waals surface area contributed by atoms with E-state index < -0.39 is 6.17 Å². The van der Waals surface area contributed by atoms with Crippen molar-refractivity contribution in [3.8, 4) is 0 Å². The third kappa shape index (κ3) is 6.30. The number of nitrogens with two attached hydrogens (primary N) is 1. The summed E-state index contributed by atoms with van der Waals surface area (Å²) in [6.45, 7) is 8.34. The van der Waals surface area contributed by atoms with Crippen molar-refractivity contribution in [2.75, 3.05) is 32.7 Å². The first-order chi connectivity index (χ1) is 16.5. The van der Waals surface area contributed by atoms with Crippen LogP contribution in [0.3, 0.4) is 0 Å². The summed E-state index contributed by atoms with van der Waals surface area (Å²) in [6, 6.07) is 0.707. The van der Waals surface area contributed by atoms with Gasteiger partial charge < -0.3 is 16.4 Å². The molecule has 34 heavy (non-hydrogen) atoms. The van der Waals surface area contributed by atoms with E-state index in [9.17, 15) is 9.18 Å². The second-order valence-electron chi connectivity index (χ2n) is 11.7. The van der Waals surface area contributed by atoms with E-state index >= 15 is 0 Å². The predicted octanol–water partition coefficient (Wildman–Crippen LogP) is 2.13. The summed E-state index contributed by atoms with van der Waals surface area (Å²) in [4.78, 5) is 13.5. The van der Waals surface area contributed by atoms with Gasteiger partial charge in [0.05, 0.1) is 6.17 Å². The van der Waals surface area contributed by atoms with Crippen LogP contribution < -0.4 is 27.1 Å². The lowest BCUT2D eigenvalue weighted by Crippen LogP contribution is -2.62. The Morgan fingerprint density at radius 3 is 2.71 bits per heavy atom. The van der Waals surface area contributed by atoms with Gasteiger partial charge in [0.15, 0.2) is 0 Å². The first kappa shape index (κ1) is 26.3. The zero-order chi connectivity index (χ0) is 24.1. The number of piperidine rings is 1. The third-order valence-corrected chi connectivity index (χ3v) is 9.02. The lowest BCUT2D eigenvalue weighted by Gasteiger charge is -2.46. The first-order valence-corrected chi connectivity index (χ1v) is 14.1. The van der Waals surface area contributed by atoms with E-state index in [0.29, 0.717) is 43.4 Å². The van der Waals surface area contributed by atoms with Crippen molar-refractivity contribution in [2.24, 2.45) is 35.3 Å². The van der Waals surface area contributed by atoms with Gasteiger partial charge in [-0.1, -0.05) is 19.3 Å². The molecule has 2 aliphatic heterocycles. The van der Waals surface area contributed by atoms with E-state index in [1.165, 1.54) is 25.7 Å². The Morgan fingerprint density at radius 2 is 1.94 bits per heavy atom. The number of rotatable bonds is 9. The number of fused-ring (bicyclic) bond motifs is 1. The highest BCUT2D eigenvalue weighted by molar-refractivity contribution is 5.79. The van der Waals surface area contributed by atoms with Crippen molar-refractivity contribution >= 4 is 5.91 Å². The summed E-state index contributed by atoms with van der Waals surface area (Å²) in [5, 5.41) is 13.0. The molecule has 0 aromatic heterocycles. The highest BCUT2D eigenvalue weighted by Crippen LogP contribution is 2.39. The molecule has 2 heterocycles. The molecule has 0 aromatic rings. The molecule has 4 aliphatic rings. The molecule has 6 N–H and O–H groups in total. The molecule has 1 amide bonds. The summed E-state index contributed by atoms with van der Waals surface area (Å²) < 4.78 is 14.4. The van der Waals surface area contributed by atoms with Crippen LogP contribution >= 0.6 is 0 Å². The Bertz CT molecular complexity index is 651. The smallest absolute Gasteiger partial charge is 0.223 e. The third-order valence-electron chi connectivity index (χ3n) is 9.02. The number of carbonyl (C=O) groups is 1. The molecule has 8 unspecified atom stereocenters. The first-order valence-electron chi connectivity index (χ1n) is 14.1. The van der Waals surface area contributed by atoms with Crippen LogP contribution in [0.1, 0.15) is 71.6 Å². The fraction of sp³-hybridized carbons (Fsp3) is 0.962. The zero-order valence-electron chi connectivity index (χ0n) is 21.4. The molecule has 0 radical (unpaired) electrons. The number of amides is 1. The number of nitrogens with one attached hydrogen (secondary N) is 4. The van der Waals surface area contributed by atoms with E-state index in [1.54, 1.807) is 0 Å². The van der Waals surface area contributed by atoms with Gasteiger partial charge in [0, 0.05) is 56.0 Å². The monoisotopic (exact) mass is 480 g/mol. The van der Waals surface area contributed by atoms with Gasteiger partial charge in [0.25, 0.3) is 0 Å². The second-order valence-corrected chi connectivity index (χ2v) is 11.7. The van der Waals surface area contributed by atoms with Gasteiger partial charge in [0.1, 0.15) is 6.17 Å². The van der Waals surface area contributed by atoms with Crippen molar-refractivity contribution in [1.82, 2.24) is 26.4 Å². The Balaban J connectivity index is 1.41. The summed E-state index contributed by atoms with van der Waals surface area (Å²) >= 11 is 0. The molecular formula is C26H49FN6O. The van der Waals surface area contributed by atoms with Crippen LogP contribution in [0.15, 0.2) is 0 Å². The number of alkyl halides is 1. The SMILES string of the molecule is CC(C)N1NCC2C(C(=O)NCC3CCCCC3F)CC(C3CCCC(CNCCN)C3)NC21. The molecule has 0 bridgehead atoms. The van der Waals surface area contributed by atoms with Crippen LogP contribution in [-0.2, 0) is 4.79 Å². The topological polar surface area (TPSA) is 94.5 Å². The summed E-state index contributed by atoms with van der Waals surface area (Å²) in [7, 11) is 0. The van der Waals surface area contributed by atoms with Gasteiger partial charge >= 0.3 is 0 Å². The molecule has 2 saturated carbocycles. The van der Waals surface area contributed by atoms with Gasteiger partial charge in [-0.05, 0) is 70.8 Å². The van der Waals surface area contributed by atoms with E-state index in [1.807, 2.05) is 0 Å². The lowest BCUT2D eigenvalue weighted by molar-refractivity contribution is -0.130. The quantitative estimate of drug-likeness (QED) is 0.325. The van der Waals surface area contributed by atoms with Crippen molar-refractivity contribution in [1.29, 1.82) is 0 Å². The van der Waals surface area contributed by atoms with Gasteiger partial charge in [-0.2, -0.15) is 0 Å². The van der Waals surface area contributed by atoms with Crippen LogP contribution in [-0.4, -0.2) is 68.1 Å². The van der Waals surface area contributed by atoms with Gasteiger partial charge in [-0.15, -0.1) is 0 Å². The Kier molecular flexibility index (Phi) is 9.61. The van der Waals surface area contributed by atoms with Crippen molar-refractivity contribution in [3.05, 3.63) is 0 Å². The van der Waals surface area contributed by atoms with Gasteiger partial charge in [0.2, 0.25) is 5.91 Å². The maximum Gasteiger partial charge on any atom is 0.223 e. The minimum Gasteiger partial charge on any atom is -0.355 e. The van der Waals surface area contributed by atoms with E-state index in [4.69, 9.17) is 5.73 Å². The predicted molar refractivity (Wildman–Crippen MR) is 135 cm³/mol. The maximum absolute atomic E-state index is 14.4. The molecule has 8 atom stereocenters. The average Bonchev–Trinajstić information content (AvgIpc) is 3.27. The highest BCUT2D eigenvalue weighted by atomic mass is 19.1. The number of carbonyl (C=O) groups excluding carboxylic acids is 1. The molecule has 2 saturated heterocycles. The Hall–Kier alpha value is -0.800. The molecule has 4 fully saturated rings. The minimum absolute atomic E-state index is 0.0139. The Morgan fingerprint density at radius 1 is 1.12 bits per heavy atom. The molecule has 2 aliphatic carbocycles. The highest BCUT2D eigenvalue weighted by Gasteiger charge is 2.49. The zero-order valence-corrected chi connectivity index (χ0v) is 21.4. The van der Waals surface area contributed by atoms with Crippen molar-refractivity contribution in [3.63, 3.8) is 0 Å². The fourth-order valence-corrected chi connectivity index (χ4v) is 7.11. The summed E-state index contributed by atoms with van der Waals surface area (Å²) in [5.41, 5.74) is 9.23. The molecule has 4 rings (SSSR count). The molecule has 8 heteroatoms. The van der Waals surface area contributed by atoms with E-state index in [2.05, 4.69) is 40.2 Å². The number of nitrogens with zero attached hydrogens (tertiary/aromatic N) is 1. The van der Waals surface area contributed by atoms with Crippen molar-refractivity contribution < 1.29 is 9.18 Å². The molecule has 196 valence electrons. The van der Waals surface area contributed by atoms with Gasteiger partial charge in [-0.25, -0.2) is 9.40 Å². The van der Waals surface area contributed by atoms with Crippen LogP contribution in [0.4, 0.5) is 4.39 Å². The van der Waals surface area contributed by atoms with Crippen LogP contribution in [0.25, 0.3) is 0 Å². The maximum atomic E-state index is 14.4. The van der Waals surface area contributed by atoms with Crippen LogP contribution in [0.5, 0.6) is 0 Å². The minimum atomic E-state index is -0.765. The number of hydrogen-bond donors (Lipinski definition) is 5. The van der Waals surface area contributed by atoms with Crippen LogP contribution in [0, 0.1) is 29.6 Å². The lowest BCUT2D eigenvalue weighted by atomic mass is 9.71. The largest absolute Gasteiger partial charge is 0.355 e. The normalized spacial score (nSPS) is 39.2. The summed E-state index contributed by atoms with van der Waals surface area (Å²) in [5.74, 6) is 1.64. The standard InChI is InChI=1S/C26H49FN6O/c1-17(2)33-25-22(16-31-33)21(26(34)30-15-20-7-3-4-9-23(20)27)13-24(32-25)19-8-5-6-18(12-19)14-29-11-10-28/h17-25,29,31-32H,3-16,28H2,1-2H3,(H,30,34). The number of halogens is 1. The Labute approximate surface area is 205 Å². The van der Waals surface area contributed by atoms with E-state index in [0.717, 1.165) is 45.3 Å². The molecular weight excluding hydrogens is 431 g/mol. The number of hydrogen-bond acceptors (Lipinski definition) is 6. The fourth-order valence-electron chi connectivity index (χ4n) is 7.11. The van der Waals surface area contributed by atoms with Gasteiger partial charge in [-0.3, -0.25) is 15.5 Å². The van der Waals surface area contributed by atoms with E-state index in [-0.39, 0.29) is 29.8 Å². The average molecular weight is 481 g/mol.